The Morgan fingerprint density at radius 1 is 1.05 bits per heavy atom. The van der Waals surface area contributed by atoms with E-state index in [-0.39, 0.29) is 0 Å². The molecule has 1 atom stereocenters. The first-order chi connectivity index (χ1) is 9.58. The van der Waals surface area contributed by atoms with Gasteiger partial charge in [-0.2, -0.15) is 0 Å². The molecule has 1 aromatic heterocycles. The molecule has 0 saturated heterocycles. The minimum absolute atomic E-state index is 0.675. The van der Waals surface area contributed by atoms with Gasteiger partial charge in [-0.3, -0.25) is 4.79 Å². The number of hydrogen-bond acceptors (Lipinski definition) is 3. The topological polar surface area (TPSA) is 67.5 Å². The highest BCUT2D eigenvalue weighted by atomic mass is 16.4. The Balaban J connectivity index is 2.17. The number of para-hydroxylation sites is 1. The molecule has 0 saturated carbocycles. The highest BCUT2D eigenvalue weighted by Crippen LogP contribution is 2.31. The molecular weight excluding hydrogens is 256 g/mol. The molecular formula is C16H12O4. The van der Waals surface area contributed by atoms with Crippen LogP contribution in [0.5, 0.6) is 0 Å². The Morgan fingerprint density at radius 3 is 2.50 bits per heavy atom. The standard InChI is InChI=1S/C16H12O4/c1-9(15(17)16(18)19)10-6-7-14-12(8-10)11-4-2-3-5-13(11)20-14/h2-9H,1H3,(H,18,19). The van der Waals surface area contributed by atoms with Crippen molar-refractivity contribution in [2.45, 2.75) is 12.8 Å². The van der Waals surface area contributed by atoms with E-state index in [9.17, 15) is 9.59 Å². The van der Waals surface area contributed by atoms with Crippen LogP contribution in [0.25, 0.3) is 21.9 Å². The van der Waals surface area contributed by atoms with Gasteiger partial charge in [-0.25, -0.2) is 4.79 Å². The molecule has 0 bridgehead atoms. The number of carboxylic acids is 1. The molecule has 0 fully saturated rings. The van der Waals surface area contributed by atoms with Crippen LogP contribution >= 0.6 is 0 Å². The van der Waals surface area contributed by atoms with Crippen LogP contribution in [0.3, 0.4) is 0 Å². The summed E-state index contributed by atoms with van der Waals surface area (Å²) in [6, 6.07) is 13.0. The van der Waals surface area contributed by atoms with E-state index in [1.165, 1.54) is 0 Å². The first kappa shape index (κ1) is 12.4. The van der Waals surface area contributed by atoms with Crippen molar-refractivity contribution in [3.63, 3.8) is 0 Å². The normalized spacial score (nSPS) is 12.7. The van der Waals surface area contributed by atoms with Gasteiger partial charge in [-0.05, 0) is 23.8 Å². The lowest BCUT2D eigenvalue weighted by Crippen LogP contribution is -2.19. The average molecular weight is 268 g/mol. The number of carbonyl (C=O) groups excluding carboxylic acids is 1. The molecule has 0 radical (unpaired) electrons. The second-order valence-electron chi connectivity index (χ2n) is 4.74. The first-order valence-electron chi connectivity index (χ1n) is 6.26. The summed E-state index contributed by atoms with van der Waals surface area (Å²) in [6.45, 7) is 1.60. The third-order valence-corrected chi connectivity index (χ3v) is 3.50. The second-order valence-corrected chi connectivity index (χ2v) is 4.74. The van der Waals surface area contributed by atoms with Crippen LogP contribution in [0.15, 0.2) is 46.9 Å². The molecule has 0 amide bonds. The van der Waals surface area contributed by atoms with Crippen molar-refractivity contribution in [2.24, 2.45) is 0 Å². The van der Waals surface area contributed by atoms with Gasteiger partial charge in [-0.15, -0.1) is 0 Å². The van der Waals surface area contributed by atoms with Crippen LogP contribution < -0.4 is 0 Å². The van der Waals surface area contributed by atoms with Crippen molar-refractivity contribution in [1.29, 1.82) is 0 Å². The molecule has 1 heterocycles. The molecule has 0 spiro atoms. The highest BCUT2D eigenvalue weighted by Gasteiger charge is 2.22. The van der Waals surface area contributed by atoms with Gasteiger partial charge in [0.2, 0.25) is 5.78 Å². The summed E-state index contributed by atoms with van der Waals surface area (Å²) >= 11 is 0. The highest BCUT2D eigenvalue weighted by molar-refractivity contribution is 6.34. The number of benzene rings is 2. The number of carbonyl (C=O) groups is 2. The predicted molar refractivity (Wildman–Crippen MR) is 74.8 cm³/mol. The van der Waals surface area contributed by atoms with E-state index < -0.39 is 17.7 Å². The fraction of sp³-hybridized carbons (Fsp3) is 0.125. The van der Waals surface area contributed by atoms with Gasteiger partial charge in [0.1, 0.15) is 11.2 Å². The Hall–Kier alpha value is -2.62. The maximum atomic E-state index is 11.6. The van der Waals surface area contributed by atoms with E-state index in [1.54, 1.807) is 19.1 Å². The minimum Gasteiger partial charge on any atom is -0.475 e. The van der Waals surface area contributed by atoms with Crippen LogP contribution in [-0.2, 0) is 9.59 Å². The summed E-state index contributed by atoms with van der Waals surface area (Å²) in [5.74, 6) is -2.89. The van der Waals surface area contributed by atoms with Crippen LogP contribution in [0.2, 0.25) is 0 Å². The molecule has 0 aliphatic rings. The van der Waals surface area contributed by atoms with Gasteiger partial charge in [-0.1, -0.05) is 31.2 Å². The fourth-order valence-electron chi connectivity index (χ4n) is 2.35. The van der Waals surface area contributed by atoms with Gasteiger partial charge < -0.3 is 9.52 Å². The van der Waals surface area contributed by atoms with Gasteiger partial charge in [0.15, 0.2) is 0 Å². The van der Waals surface area contributed by atoms with Crippen LogP contribution in [0.1, 0.15) is 18.4 Å². The lowest BCUT2D eigenvalue weighted by atomic mass is 9.95. The van der Waals surface area contributed by atoms with E-state index in [4.69, 9.17) is 9.52 Å². The van der Waals surface area contributed by atoms with Crippen LogP contribution in [0, 0.1) is 0 Å². The molecule has 0 aliphatic carbocycles. The smallest absolute Gasteiger partial charge is 0.372 e. The zero-order chi connectivity index (χ0) is 14.3. The van der Waals surface area contributed by atoms with Crippen LogP contribution in [0.4, 0.5) is 0 Å². The zero-order valence-electron chi connectivity index (χ0n) is 10.8. The Bertz CT molecular complexity index is 829. The van der Waals surface area contributed by atoms with Crippen molar-refractivity contribution >= 4 is 33.7 Å². The lowest BCUT2D eigenvalue weighted by molar-refractivity contribution is -0.149. The Labute approximate surface area is 114 Å². The largest absolute Gasteiger partial charge is 0.475 e. The number of fused-ring (bicyclic) bond motifs is 3. The summed E-state index contributed by atoms with van der Waals surface area (Å²) in [5, 5.41) is 10.6. The zero-order valence-corrected chi connectivity index (χ0v) is 10.8. The molecule has 0 aliphatic heterocycles. The first-order valence-corrected chi connectivity index (χ1v) is 6.26. The SMILES string of the molecule is CC(C(=O)C(=O)O)c1ccc2oc3ccccc3c2c1. The summed E-state index contributed by atoms with van der Waals surface area (Å²) in [4.78, 5) is 22.3. The number of aliphatic carboxylic acids is 1. The molecule has 100 valence electrons. The number of hydrogen-bond donors (Lipinski definition) is 1. The number of carboxylic acid groups (broad SMARTS) is 1. The average Bonchev–Trinajstić information content (AvgIpc) is 2.83. The van der Waals surface area contributed by atoms with Crippen LogP contribution in [-0.4, -0.2) is 16.9 Å². The maximum Gasteiger partial charge on any atom is 0.372 e. The maximum absolute atomic E-state index is 11.6. The van der Waals surface area contributed by atoms with E-state index in [0.29, 0.717) is 5.56 Å². The number of rotatable bonds is 3. The summed E-state index contributed by atoms with van der Waals surface area (Å²) in [7, 11) is 0. The quantitative estimate of drug-likeness (QED) is 0.740. The van der Waals surface area contributed by atoms with Crippen molar-refractivity contribution in [3.05, 3.63) is 48.0 Å². The van der Waals surface area contributed by atoms with Gasteiger partial charge in [0.25, 0.3) is 0 Å². The van der Waals surface area contributed by atoms with E-state index in [2.05, 4.69) is 0 Å². The molecule has 4 heteroatoms. The summed E-state index contributed by atoms with van der Waals surface area (Å²) in [5.41, 5.74) is 2.18. The molecule has 3 rings (SSSR count). The fourth-order valence-corrected chi connectivity index (χ4v) is 2.35. The third-order valence-electron chi connectivity index (χ3n) is 3.50. The van der Waals surface area contributed by atoms with Crippen molar-refractivity contribution in [3.8, 4) is 0 Å². The van der Waals surface area contributed by atoms with E-state index in [1.807, 2.05) is 30.3 Å². The van der Waals surface area contributed by atoms with Crippen molar-refractivity contribution in [2.75, 3.05) is 0 Å². The predicted octanol–water partition coefficient (Wildman–Crippen LogP) is 3.34. The van der Waals surface area contributed by atoms with Gasteiger partial charge in [0.05, 0.1) is 5.92 Å². The van der Waals surface area contributed by atoms with E-state index in [0.717, 1.165) is 21.9 Å². The minimum atomic E-state index is -1.41. The Kier molecular flexibility index (Phi) is 2.79. The second kappa shape index (κ2) is 4.49. The summed E-state index contributed by atoms with van der Waals surface area (Å²) in [6.07, 6.45) is 0. The van der Waals surface area contributed by atoms with Gasteiger partial charge >= 0.3 is 5.97 Å². The van der Waals surface area contributed by atoms with Crippen molar-refractivity contribution < 1.29 is 19.1 Å². The lowest BCUT2D eigenvalue weighted by Gasteiger charge is -2.07. The number of furan rings is 1. The van der Waals surface area contributed by atoms with E-state index >= 15 is 0 Å². The molecule has 1 unspecified atom stereocenters. The number of ketones is 1. The molecule has 2 aromatic carbocycles. The monoisotopic (exact) mass is 268 g/mol. The van der Waals surface area contributed by atoms with Crippen molar-refractivity contribution in [1.82, 2.24) is 0 Å². The molecule has 4 nitrogen and oxygen atoms in total. The Morgan fingerprint density at radius 2 is 1.75 bits per heavy atom. The summed E-state index contributed by atoms with van der Waals surface area (Å²) < 4.78 is 5.69. The number of Topliss-reactive ketones (excluding diaryl/α,β-unsaturated/α-hetero) is 1. The molecule has 3 aromatic rings. The third kappa shape index (κ3) is 1.86. The molecule has 20 heavy (non-hydrogen) atoms. The molecule has 1 N–H and O–H groups in total. The van der Waals surface area contributed by atoms with Gasteiger partial charge in [0, 0.05) is 10.8 Å².